The zero-order chi connectivity index (χ0) is 40.2. The van der Waals surface area contributed by atoms with Gasteiger partial charge < -0.3 is 24.8 Å². The van der Waals surface area contributed by atoms with Crippen LogP contribution in [0.2, 0.25) is 0 Å². The fraction of sp³-hybridized carbons (Fsp3) is 0.442. The number of aromatic nitrogens is 3. The first-order valence-corrected chi connectivity index (χ1v) is 19.7. The number of nitrogens with one attached hydrogen (secondary N) is 2. The molecule has 0 bridgehead atoms. The topological polar surface area (TPSA) is 108 Å². The van der Waals surface area contributed by atoms with Crippen LogP contribution in [0.15, 0.2) is 61.3 Å². The van der Waals surface area contributed by atoms with Crippen molar-refractivity contribution in [3.05, 3.63) is 89.4 Å². The van der Waals surface area contributed by atoms with Crippen molar-refractivity contribution in [1.82, 2.24) is 19.4 Å². The number of carbonyl (C=O) groups is 2. The van der Waals surface area contributed by atoms with E-state index in [1.165, 1.54) is 17.3 Å². The van der Waals surface area contributed by atoms with E-state index in [1.54, 1.807) is 29.3 Å². The zero-order valence-corrected chi connectivity index (χ0v) is 32.9. The Balaban J connectivity index is 1.08. The van der Waals surface area contributed by atoms with Gasteiger partial charge in [0.05, 0.1) is 22.6 Å². The summed E-state index contributed by atoms with van der Waals surface area (Å²) < 4.78 is 51.3. The molecule has 1 aromatic carbocycles. The predicted octanol–water partition coefficient (Wildman–Crippen LogP) is 7.62. The van der Waals surface area contributed by atoms with Gasteiger partial charge in [-0.2, -0.15) is 13.2 Å². The molecule has 2 amide bonds. The van der Waals surface area contributed by atoms with Crippen LogP contribution >= 0.6 is 0 Å². The number of hydrogen-bond acceptors (Lipinski definition) is 8. The third-order valence-corrected chi connectivity index (χ3v) is 11.9. The molecule has 4 aromatic rings. The maximum atomic E-state index is 14.5. The molecule has 4 aliphatic rings. The summed E-state index contributed by atoms with van der Waals surface area (Å²) in [7, 11) is 0. The van der Waals surface area contributed by atoms with Crippen LogP contribution in [0.5, 0.6) is 0 Å². The number of pyridine rings is 2. The Morgan fingerprint density at radius 1 is 1.04 bits per heavy atom. The normalized spacial score (nSPS) is 20.0. The number of alkyl halides is 3. The van der Waals surface area contributed by atoms with Crippen molar-refractivity contribution < 1.29 is 27.5 Å². The third kappa shape index (κ3) is 7.52. The summed E-state index contributed by atoms with van der Waals surface area (Å²) in [5, 5.41) is 5.80. The minimum Gasteiger partial charge on any atom is -0.381 e. The minimum atomic E-state index is -4.71. The molecule has 1 atom stereocenters. The highest BCUT2D eigenvalue weighted by Crippen LogP contribution is 2.42. The number of rotatable bonds is 8. The third-order valence-electron chi connectivity index (χ3n) is 11.9. The summed E-state index contributed by atoms with van der Waals surface area (Å²) in [6.07, 6.45) is 1.84. The number of ether oxygens (including phenoxy) is 1. The molecule has 8 rings (SSSR count). The minimum absolute atomic E-state index is 0.113. The van der Waals surface area contributed by atoms with Crippen molar-refractivity contribution in [2.24, 2.45) is 5.41 Å². The van der Waals surface area contributed by atoms with E-state index in [4.69, 9.17) is 4.74 Å². The molecule has 300 valence electrons. The van der Waals surface area contributed by atoms with Gasteiger partial charge in [-0.1, -0.05) is 20.4 Å². The maximum Gasteiger partial charge on any atom is 0.419 e. The van der Waals surface area contributed by atoms with Crippen LogP contribution in [0, 0.1) is 12.3 Å². The van der Waals surface area contributed by atoms with Gasteiger partial charge >= 0.3 is 6.18 Å². The van der Waals surface area contributed by atoms with E-state index < -0.39 is 23.5 Å². The Bertz CT molecular complexity index is 2230. The number of fused-ring (bicyclic) bond motifs is 3. The van der Waals surface area contributed by atoms with Gasteiger partial charge in [0.15, 0.2) is 0 Å². The van der Waals surface area contributed by atoms with Gasteiger partial charge in [-0.3, -0.25) is 19.4 Å². The van der Waals surface area contributed by atoms with Crippen LogP contribution in [0.25, 0.3) is 11.3 Å². The highest BCUT2D eigenvalue weighted by atomic mass is 19.4. The summed E-state index contributed by atoms with van der Waals surface area (Å²) in [6, 6.07) is 11.8. The second kappa shape index (κ2) is 14.9. The SMILES string of the molecule is C=CC(=O)Nc1cc(Nc2nc(-c3ccnc(N4CCn5c(cc6c5CC(C)(C)C6)C4=O)c3C)ccc2C(F)(F)F)ccc1N1CCN(C2CCOCC2)CC1C. The number of anilines is 5. The lowest BCUT2D eigenvalue weighted by Crippen LogP contribution is -2.56. The highest BCUT2D eigenvalue weighted by molar-refractivity contribution is 6.06. The van der Waals surface area contributed by atoms with Crippen LogP contribution in [0.1, 0.15) is 66.5 Å². The second-order valence-corrected chi connectivity index (χ2v) is 16.5. The molecule has 14 heteroatoms. The fourth-order valence-electron chi connectivity index (χ4n) is 9.13. The molecule has 3 aliphatic heterocycles. The first kappa shape index (κ1) is 38.7. The van der Waals surface area contributed by atoms with Crippen LogP contribution in [0.3, 0.4) is 0 Å². The van der Waals surface area contributed by atoms with Crippen LogP contribution < -0.4 is 20.4 Å². The monoisotopic (exact) mass is 782 g/mol. The quantitative estimate of drug-likeness (QED) is 0.176. The van der Waals surface area contributed by atoms with Gasteiger partial charge in [0, 0.05) is 86.7 Å². The Labute approximate surface area is 330 Å². The molecule has 0 spiro atoms. The molecule has 11 nitrogen and oxygen atoms in total. The molecule has 0 radical (unpaired) electrons. The Kier molecular flexibility index (Phi) is 10.1. The molecule has 3 aromatic heterocycles. The molecular weight excluding hydrogens is 734 g/mol. The molecule has 57 heavy (non-hydrogen) atoms. The van der Waals surface area contributed by atoms with E-state index in [0.29, 0.717) is 59.7 Å². The van der Waals surface area contributed by atoms with Crippen molar-refractivity contribution >= 4 is 40.5 Å². The van der Waals surface area contributed by atoms with Gasteiger partial charge in [0.1, 0.15) is 17.3 Å². The summed E-state index contributed by atoms with van der Waals surface area (Å²) in [6.45, 7) is 17.0. The van der Waals surface area contributed by atoms with E-state index in [-0.39, 0.29) is 23.1 Å². The van der Waals surface area contributed by atoms with Crippen LogP contribution in [-0.2, 0) is 35.1 Å². The molecule has 0 saturated carbocycles. The smallest absolute Gasteiger partial charge is 0.381 e. The van der Waals surface area contributed by atoms with Crippen molar-refractivity contribution in [2.75, 3.05) is 59.8 Å². The van der Waals surface area contributed by atoms with Gasteiger partial charge in [-0.15, -0.1) is 0 Å². The van der Waals surface area contributed by atoms with Crippen molar-refractivity contribution in [3.63, 3.8) is 0 Å². The predicted molar refractivity (Wildman–Crippen MR) is 215 cm³/mol. The summed E-state index contributed by atoms with van der Waals surface area (Å²) in [4.78, 5) is 42.1. The van der Waals surface area contributed by atoms with Crippen LogP contribution in [0.4, 0.5) is 41.9 Å². The molecule has 6 heterocycles. The number of piperazine rings is 1. The van der Waals surface area contributed by atoms with Crippen LogP contribution in [-0.4, -0.2) is 82.7 Å². The maximum absolute atomic E-state index is 14.5. The highest BCUT2D eigenvalue weighted by Gasteiger charge is 2.38. The Morgan fingerprint density at radius 3 is 2.56 bits per heavy atom. The van der Waals surface area contributed by atoms with Crippen molar-refractivity contribution in [3.8, 4) is 11.3 Å². The average molecular weight is 783 g/mol. The number of amides is 2. The van der Waals surface area contributed by atoms with E-state index in [1.807, 2.05) is 19.1 Å². The molecule has 1 aliphatic carbocycles. The first-order valence-electron chi connectivity index (χ1n) is 19.7. The van der Waals surface area contributed by atoms with Crippen molar-refractivity contribution in [2.45, 2.75) is 78.2 Å². The summed E-state index contributed by atoms with van der Waals surface area (Å²) in [5.41, 5.74) is 5.27. The van der Waals surface area contributed by atoms with Gasteiger partial charge in [0.2, 0.25) is 5.91 Å². The zero-order valence-electron chi connectivity index (χ0n) is 32.9. The van der Waals surface area contributed by atoms with Gasteiger partial charge in [-0.25, -0.2) is 9.97 Å². The standard InChI is InChI=1S/C43H49F3N8O3/c1-6-38(55)49-34-22-29(7-10-35(34)52-16-15-51(25-26(52)2)30-12-19-57-20-13-30)48-39-32(43(44,45)46)8-9-33(50-39)31-11-14-47-40(27(31)3)54-18-17-53-36(41(54)56)21-28-23-42(4,5)24-37(28)53/h6-11,14,21-22,26,30H,1,12-13,15-20,23-25H2,2-5H3,(H,48,50)(H,49,55). The van der Waals surface area contributed by atoms with Gasteiger partial charge in [-0.05, 0) is 99.0 Å². The Hall–Kier alpha value is -5.21. The number of halogens is 3. The molecule has 1 unspecified atom stereocenters. The Morgan fingerprint density at radius 2 is 1.82 bits per heavy atom. The largest absolute Gasteiger partial charge is 0.419 e. The van der Waals surface area contributed by atoms with Crippen molar-refractivity contribution in [1.29, 1.82) is 0 Å². The molecule has 2 N–H and O–H groups in total. The fourth-order valence-corrected chi connectivity index (χ4v) is 9.13. The molecular formula is C43H49F3N8O3. The summed E-state index contributed by atoms with van der Waals surface area (Å²) in [5.74, 6) is -0.533. The molecule has 2 saturated heterocycles. The van der Waals surface area contributed by atoms with E-state index in [9.17, 15) is 22.8 Å². The number of hydrogen-bond donors (Lipinski definition) is 2. The lowest BCUT2D eigenvalue weighted by Gasteiger charge is -2.45. The van der Waals surface area contributed by atoms with E-state index >= 15 is 0 Å². The van der Waals surface area contributed by atoms with E-state index in [2.05, 4.69) is 62.3 Å². The average Bonchev–Trinajstić information content (AvgIpc) is 3.67. The van der Waals surface area contributed by atoms with E-state index in [0.717, 1.165) is 69.8 Å². The first-order chi connectivity index (χ1) is 27.2. The van der Waals surface area contributed by atoms with Gasteiger partial charge in [0.25, 0.3) is 5.91 Å². The molecule has 2 fully saturated rings. The number of nitrogens with zero attached hydrogens (tertiary/aromatic N) is 6. The number of carbonyl (C=O) groups excluding carboxylic acids is 2. The number of benzene rings is 1. The lowest BCUT2D eigenvalue weighted by atomic mass is 9.90. The second-order valence-electron chi connectivity index (χ2n) is 16.5. The lowest BCUT2D eigenvalue weighted by molar-refractivity contribution is -0.137. The summed E-state index contributed by atoms with van der Waals surface area (Å²) >= 11 is 0.